The van der Waals surface area contributed by atoms with Crippen LogP contribution in [0.5, 0.6) is 0 Å². The second-order valence-electron chi connectivity index (χ2n) is 5.74. The van der Waals surface area contributed by atoms with Gasteiger partial charge in [0.2, 0.25) is 5.91 Å². The van der Waals surface area contributed by atoms with E-state index in [4.69, 9.17) is 4.74 Å². The van der Waals surface area contributed by atoms with Crippen molar-refractivity contribution in [3.05, 3.63) is 0 Å². The van der Waals surface area contributed by atoms with Gasteiger partial charge in [-0.05, 0) is 31.1 Å². The second kappa shape index (κ2) is 4.94. The van der Waals surface area contributed by atoms with Gasteiger partial charge < -0.3 is 10.1 Å². The van der Waals surface area contributed by atoms with E-state index in [-0.39, 0.29) is 5.91 Å². The van der Waals surface area contributed by atoms with Crippen LogP contribution in [0, 0.1) is 11.8 Å². The minimum absolute atomic E-state index is 0.212. The third-order valence-corrected chi connectivity index (χ3v) is 4.56. The fraction of sp³-hybridized carbons (Fsp3) is 0.923. The Labute approximate surface area is 103 Å². The molecule has 1 heterocycles. The fourth-order valence-corrected chi connectivity index (χ4v) is 3.64. The van der Waals surface area contributed by atoms with Crippen LogP contribution in [-0.2, 0) is 9.53 Å². The van der Waals surface area contributed by atoms with Crippen LogP contribution in [0.3, 0.4) is 0 Å². The molecule has 0 unspecified atom stereocenters. The number of nitrogens with one attached hydrogen (secondary N) is 1. The quantitative estimate of drug-likeness (QED) is 0.784. The minimum Gasteiger partial charge on any atom is -0.379 e. The van der Waals surface area contributed by atoms with Crippen LogP contribution in [0.2, 0.25) is 0 Å². The van der Waals surface area contributed by atoms with Crippen LogP contribution < -0.4 is 5.32 Å². The molecule has 96 valence electrons. The van der Waals surface area contributed by atoms with E-state index < -0.39 is 0 Å². The molecule has 17 heavy (non-hydrogen) atoms. The van der Waals surface area contributed by atoms with E-state index in [2.05, 4.69) is 10.2 Å². The Morgan fingerprint density at radius 1 is 1.24 bits per heavy atom. The molecule has 2 bridgehead atoms. The van der Waals surface area contributed by atoms with Gasteiger partial charge in [-0.1, -0.05) is 6.42 Å². The van der Waals surface area contributed by atoms with Crippen LogP contribution in [0.25, 0.3) is 0 Å². The van der Waals surface area contributed by atoms with Crippen molar-refractivity contribution in [2.24, 2.45) is 11.8 Å². The number of rotatable bonds is 3. The molecule has 0 aromatic carbocycles. The molecule has 2 saturated carbocycles. The lowest BCUT2D eigenvalue weighted by molar-refractivity contribution is -0.124. The molecule has 0 aromatic rings. The van der Waals surface area contributed by atoms with Gasteiger partial charge in [0.05, 0.1) is 19.8 Å². The molecule has 0 aromatic heterocycles. The van der Waals surface area contributed by atoms with Gasteiger partial charge in [-0.15, -0.1) is 0 Å². The number of fused-ring (bicyclic) bond motifs is 2. The molecule has 2 aliphatic carbocycles. The van der Waals surface area contributed by atoms with Crippen molar-refractivity contribution in [2.45, 2.75) is 31.7 Å². The first-order valence-electron chi connectivity index (χ1n) is 6.91. The van der Waals surface area contributed by atoms with E-state index in [1.165, 1.54) is 25.7 Å². The highest BCUT2D eigenvalue weighted by Crippen LogP contribution is 2.44. The number of amides is 1. The van der Waals surface area contributed by atoms with Gasteiger partial charge in [0.15, 0.2) is 0 Å². The van der Waals surface area contributed by atoms with Crippen molar-refractivity contribution in [1.29, 1.82) is 0 Å². The number of hydrogen-bond acceptors (Lipinski definition) is 3. The summed E-state index contributed by atoms with van der Waals surface area (Å²) >= 11 is 0. The molecule has 3 aliphatic rings. The number of carbonyl (C=O) groups excluding carboxylic acids is 1. The number of hydrogen-bond donors (Lipinski definition) is 1. The average molecular weight is 238 g/mol. The summed E-state index contributed by atoms with van der Waals surface area (Å²) in [7, 11) is 0. The molecule has 0 spiro atoms. The zero-order valence-electron chi connectivity index (χ0n) is 10.4. The van der Waals surface area contributed by atoms with Crippen LogP contribution in [0.15, 0.2) is 0 Å². The summed E-state index contributed by atoms with van der Waals surface area (Å²) in [6, 6.07) is 0.474. The molecule has 1 saturated heterocycles. The van der Waals surface area contributed by atoms with Gasteiger partial charge in [0.1, 0.15) is 0 Å². The molecular formula is C13H22N2O2. The molecule has 3 rings (SSSR count). The molecule has 0 radical (unpaired) electrons. The van der Waals surface area contributed by atoms with E-state index in [0.717, 1.165) is 38.1 Å². The maximum absolute atomic E-state index is 11.9. The summed E-state index contributed by atoms with van der Waals surface area (Å²) in [6.07, 6.45) is 5.29. The molecule has 4 heteroatoms. The zero-order chi connectivity index (χ0) is 11.7. The SMILES string of the molecule is O=C(CN1CCOCC1)N[C@H]1C[C@H]2CC[C@@H]1C2. The van der Waals surface area contributed by atoms with Gasteiger partial charge in [0.25, 0.3) is 0 Å². The van der Waals surface area contributed by atoms with E-state index in [0.29, 0.717) is 12.6 Å². The summed E-state index contributed by atoms with van der Waals surface area (Å²) in [6.45, 7) is 3.87. The average Bonchev–Trinajstić information content (AvgIpc) is 2.92. The number of morpholine rings is 1. The van der Waals surface area contributed by atoms with Crippen LogP contribution in [0.1, 0.15) is 25.7 Å². The van der Waals surface area contributed by atoms with Crippen LogP contribution >= 0.6 is 0 Å². The van der Waals surface area contributed by atoms with Gasteiger partial charge in [-0.25, -0.2) is 0 Å². The second-order valence-corrected chi connectivity index (χ2v) is 5.74. The minimum atomic E-state index is 0.212. The maximum atomic E-state index is 11.9. The highest BCUT2D eigenvalue weighted by molar-refractivity contribution is 5.78. The largest absolute Gasteiger partial charge is 0.379 e. The normalized spacial score (nSPS) is 37.3. The summed E-state index contributed by atoms with van der Waals surface area (Å²) in [5.74, 6) is 1.88. The Morgan fingerprint density at radius 2 is 2.06 bits per heavy atom. The molecule has 4 nitrogen and oxygen atoms in total. The van der Waals surface area contributed by atoms with Gasteiger partial charge >= 0.3 is 0 Å². The van der Waals surface area contributed by atoms with E-state index in [1.807, 2.05) is 0 Å². The molecule has 1 N–H and O–H groups in total. The van der Waals surface area contributed by atoms with Gasteiger partial charge in [-0.3, -0.25) is 9.69 Å². The van der Waals surface area contributed by atoms with Crippen LogP contribution in [-0.4, -0.2) is 49.7 Å². The Hall–Kier alpha value is -0.610. The van der Waals surface area contributed by atoms with Crippen LogP contribution in [0.4, 0.5) is 0 Å². The topological polar surface area (TPSA) is 41.6 Å². The van der Waals surface area contributed by atoms with Crippen molar-refractivity contribution >= 4 is 5.91 Å². The first kappa shape index (κ1) is 11.5. The molecule has 1 aliphatic heterocycles. The number of carbonyl (C=O) groups is 1. The predicted molar refractivity (Wildman–Crippen MR) is 64.6 cm³/mol. The van der Waals surface area contributed by atoms with Crippen molar-refractivity contribution in [2.75, 3.05) is 32.8 Å². The first-order valence-corrected chi connectivity index (χ1v) is 6.91. The lowest BCUT2D eigenvalue weighted by Gasteiger charge is -2.28. The van der Waals surface area contributed by atoms with E-state index >= 15 is 0 Å². The molecule has 1 amide bonds. The monoisotopic (exact) mass is 238 g/mol. The molecule has 3 atom stereocenters. The van der Waals surface area contributed by atoms with E-state index in [1.54, 1.807) is 0 Å². The van der Waals surface area contributed by atoms with Crippen molar-refractivity contribution in [1.82, 2.24) is 10.2 Å². The number of nitrogens with zero attached hydrogens (tertiary/aromatic N) is 1. The summed E-state index contributed by atoms with van der Waals surface area (Å²) in [4.78, 5) is 14.1. The highest BCUT2D eigenvalue weighted by atomic mass is 16.5. The van der Waals surface area contributed by atoms with Crippen molar-refractivity contribution < 1.29 is 9.53 Å². The Balaban J connectivity index is 1.44. The maximum Gasteiger partial charge on any atom is 0.234 e. The van der Waals surface area contributed by atoms with Gasteiger partial charge in [0, 0.05) is 19.1 Å². The summed E-state index contributed by atoms with van der Waals surface area (Å²) < 4.78 is 5.28. The smallest absolute Gasteiger partial charge is 0.234 e. The zero-order valence-corrected chi connectivity index (χ0v) is 10.4. The third kappa shape index (κ3) is 2.63. The summed E-state index contributed by atoms with van der Waals surface area (Å²) in [5, 5.41) is 3.24. The van der Waals surface area contributed by atoms with Gasteiger partial charge in [-0.2, -0.15) is 0 Å². The number of ether oxygens (including phenoxy) is 1. The van der Waals surface area contributed by atoms with E-state index in [9.17, 15) is 4.79 Å². The Morgan fingerprint density at radius 3 is 2.71 bits per heavy atom. The standard InChI is InChI=1S/C13H22N2O2/c16-13(9-15-3-5-17-6-4-15)14-12-8-10-1-2-11(12)7-10/h10-12H,1-9H2,(H,14,16)/t10-,11+,12-/m0/s1. The lowest BCUT2D eigenvalue weighted by Crippen LogP contribution is -2.47. The molecular weight excluding hydrogens is 216 g/mol. The molecule has 3 fully saturated rings. The van der Waals surface area contributed by atoms with Crippen molar-refractivity contribution in [3.8, 4) is 0 Å². The lowest BCUT2D eigenvalue weighted by atomic mass is 9.95. The summed E-state index contributed by atoms with van der Waals surface area (Å²) in [5.41, 5.74) is 0. The highest BCUT2D eigenvalue weighted by Gasteiger charge is 2.40. The Bertz CT molecular complexity index is 289. The van der Waals surface area contributed by atoms with Crippen molar-refractivity contribution in [3.63, 3.8) is 0 Å². The Kier molecular flexibility index (Phi) is 3.34. The predicted octanol–water partition coefficient (Wildman–Crippen LogP) is 0.623. The first-order chi connectivity index (χ1) is 8.31. The fourth-order valence-electron chi connectivity index (χ4n) is 3.64. The third-order valence-electron chi connectivity index (χ3n) is 4.56.